The Morgan fingerprint density at radius 2 is 1.71 bits per heavy atom. The average Bonchev–Trinajstić information content (AvgIpc) is 2.64. The molecule has 1 saturated heterocycles. The Hall–Kier alpha value is -0.630. The molecule has 1 aliphatic heterocycles. The third-order valence-corrected chi connectivity index (χ3v) is 3.17. The monoisotopic (exact) mass is 212 g/mol. The van der Waals surface area contributed by atoms with Crippen molar-refractivity contribution in [1.29, 1.82) is 0 Å². The van der Waals surface area contributed by atoms with Crippen LogP contribution in [0.4, 0.5) is 0 Å². The Morgan fingerprint density at radius 3 is 2.29 bits per heavy atom. The molecule has 0 saturated carbocycles. The van der Waals surface area contributed by atoms with Gasteiger partial charge in [-0.05, 0) is 25.0 Å². The van der Waals surface area contributed by atoms with E-state index >= 15 is 0 Å². The summed E-state index contributed by atoms with van der Waals surface area (Å²) in [7, 11) is -1.15. The molecule has 1 aromatic carbocycles. The SMILES string of the molecule is Cc1cccc(C)c1OP1OCCO1. The van der Waals surface area contributed by atoms with E-state index in [-0.39, 0.29) is 0 Å². The van der Waals surface area contributed by atoms with Crippen LogP contribution in [-0.2, 0) is 9.05 Å². The molecule has 0 aromatic heterocycles. The lowest BCUT2D eigenvalue weighted by atomic mass is 10.1. The molecule has 1 fully saturated rings. The highest BCUT2D eigenvalue weighted by atomic mass is 31.2. The lowest BCUT2D eigenvalue weighted by molar-refractivity contribution is 0.352. The van der Waals surface area contributed by atoms with Crippen LogP contribution in [0.1, 0.15) is 11.1 Å². The molecule has 2 rings (SSSR count). The second kappa shape index (κ2) is 4.26. The molecule has 1 heterocycles. The fourth-order valence-corrected chi connectivity index (χ4v) is 2.40. The normalized spacial score (nSPS) is 17.3. The van der Waals surface area contributed by atoms with Crippen LogP contribution in [0, 0.1) is 13.8 Å². The number of rotatable bonds is 2. The van der Waals surface area contributed by atoms with Gasteiger partial charge in [0.05, 0.1) is 13.2 Å². The molecule has 1 aromatic rings. The third kappa shape index (κ3) is 2.06. The molecule has 76 valence electrons. The van der Waals surface area contributed by atoms with Crippen LogP contribution in [0.3, 0.4) is 0 Å². The van der Waals surface area contributed by atoms with E-state index in [0.29, 0.717) is 13.2 Å². The first-order chi connectivity index (χ1) is 6.77. The van der Waals surface area contributed by atoms with E-state index in [4.69, 9.17) is 13.6 Å². The summed E-state index contributed by atoms with van der Waals surface area (Å²) in [4.78, 5) is 0. The van der Waals surface area contributed by atoms with Crippen molar-refractivity contribution in [1.82, 2.24) is 0 Å². The Morgan fingerprint density at radius 1 is 1.14 bits per heavy atom. The number of hydrogen-bond acceptors (Lipinski definition) is 3. The highest BCUT2D eigenvalue weighted by Gasteiger charge is 2.22. The molecular formula is C10H13O3P. The van der Waals surface area contributed by atoms with Gasteiger partial charge in [0.1, 0.15) is 5.75 Å². The van der Waals surface area contributed by atoms with Crippen molar-refractivity contribution < 1.29 is 13.6 Å². The first-order valence-corrected chi connectivity index (χ1v) is 5.67. The van der Waals surface area contributed by atoms with Crippen LogP contribution in [-0.4, -0.2) is 13.2 Å². The maximum Gasteiger partial charge on any atom is 0.397 e. The molecule has 0 bridgehead atoms. The molecule has 0 N–H and O–H groups in total. The Balaban J connectivity index is 2.14. The molecule has 3 nitrogen and oxygen atoms in total. The second-order valence-corrected chi connectivity index (χ2v) is 4.35. The lowest BCUT2D eigenvalue weighted by Gasteiger charge is -2.13. The predicted octanol–water partition coefficient (Wildman–Crippen LogP) is 2.96. The van der Waals surface area contributed by atoms with Gasteiger partial charge < -0.3 is 13.6 Å². The van der Waals surface area contributed by atoms with Crippen molar-refractivity contribution in [3.63, 3.8) is 0 Å². The fraction of sp³-hybridized carbons (Fsp3) is 0.400. The van der Waals surface area contributed by atoms with Gasteiger partial charge in [0, 0.05) is 0 Å². The molecule has 0 unspecified atom stereocenters. The van der Waals surface area contributed by atoms with Gasteiger partial charge in [-0.15, -0.1) is 0 Å². The smallest absolute Gasteiger partial charge is 0.397 e. The molecule has 0 aliphatic carbocycles. The molecule has 0 radical (unpaired) electrons. The van der Waals surface area contributed by atoms with Crippen molar-refractivity contribution in [2.45, 2.75) is 13.8 Å². The fourth-order valence-electron chi connectivity index (χ4n) is 1.33. The number of benzene rings is 1. The second-order valence-electron chi connectivity index (χ2n) is 3.20. The summed E-state index contributed by atoms with van der Waals surface area (Å²) < 4.78 is 16.2. The van der Waals surface area contributed by atoms with E-state index in [1.54, 1.807) is 0 Å². The Kier molecular flexibility index (Phi) is 3.02. The van der Waals surface area contributed by atoms with E-state index in [2.05, 4.69) is 0 Å². The van der Waals surface area contributed by atoms with E-state index in [1.807, 2.05) is 32.0 Å². The highest BCUT2D eigenvalue weighted by Crippen LogP contribution is 2.45. The number of hydrogen-bond donors (Lipinski definition) is 0. The topological polar surface area (TPSA) is 27.7 Å². The van der Waals surface area contributed by atoms with Gasteiger partial charge in [0.15, 0.2) is 0 Å². The molecule has 0 amide bonds. The summed E-state index contributed by atoms with van der Waals surface area (Å²) in [5.74, 6) is 0.889. The quantitative estimate of drug-likeness (QED) is 0.705. The van der Waals surface area contributed by atoms with Crippen LogP contribution < -0.4 is 4.52 Å². The summed E-state index contributed by atoms with van der Waals surface area (Å²) >= 11 is 0. The Bertz CT molecular complexity index is 301. The zero-order chi connectivity index (χ0) is 9.97. The molecule has 14 heavy (non-hydrogen) atoms. The summed E-state index contributed by atoms with van der Waals surface area (Å²) in [5.41, 5.74) is 2.23. The summed E-state index contributed by atoms with van der Waals surface area (Å²) in [5, 5.41) is 0. The molecule has 4 heteroatoms. The van der Waals surface area contributed by atoms with Crippen LogP contribution in [0.25, 0.3) is 0 Å². The van der Waals surface area contributed by atoms with Crippen LogP contribution >= 0.6 is 8.60 Å². The van der Waals surface area contributed by atoms with Gasteiger partial charge in [0.2, 0.25) is 0 Å². The van der Waals surface area contributed by atoms with Crippen LogP contribution in [0.5, 0.6) is 5.75 Å². The van der Waals surface area contributed by atoms with Gasteiger partial charge in [-0.3, -0.25) is 0 Å². The number of para-hydroxylation sites is 1. The van der Waals surface area contributed by atoms with E-state index in [9.17, 15) is 0 Å². The minimum absolute atomic E-state index is 0.636. The van der Waals surface area contributed by atoms with E-state index in [1.165, 1.54) is 0 Å². The maximum atomic E-state index is 5.66. The third-order valence-electron chi connectivity index (χ3n) is 2.05. The van der Waals surface area contributed by atoms with Gasteiger partial charge in [-0.1, -0.05) is 18.2 Å². The Labute approximate surface area is 85.0 Å². The first-order valence-electron chi connectivity index (χ1n) is 4.57. The van der Waals surface area contributed by atoms with Gasteiger partial charge in [-0.25, -0.2) is 0 Å². The molecule has 1 aliphatic rings. The van der Waals surface area contributed by atoms with Gasteiger partial charge in [0.25, 0.3) is 0 Å². The van der Waals surface area contributed by atoms with Crippen LogP contribution in [0.15, 0.2) is 18.2 Å². The van der Waals surface area contributed by atoms with Crippen molar-refractivity contribution in [3.8, 4) is 5.75 Å². The predicted molar refractivity (Wildman–Crippen MR) is 55.4 cm³/mol. The molecule has 0 atom stereocenters. The largest absolute Gasteiger partial charge is 0.426 e. The highest BCUT2D eigenvalue weighted by molar-refractivity contribution is 7.42. The standard InChI is InChI=1S/C10H13O3P/c1-8-4-3-5-9(2)10(8)13-14-11-6-7-12-14/h3-5H,6-7H2,1-2H3. The van der Waals surface area contributed by atoms with Gasteiger partial charge in [-0.2, -0.15) is 0 Å². The maximum absolute atomic E-state index is 5.66. The summed E-state index contributed by atoms with van der Waals surface area (Å²) in [6, 6.07) is 6.06. The van der Waals surface area contributed by atoms with Crippen molar-refractivity contribution in [2.24, 2.45) is 0 Å². The average molecular weight is 212 g/mol. The van der Waals surface area contributed by atoms with E-state index in [0.717, 1.165) is 16.9 Å². The van der Waals surface area contributed by atoms with E-state index < -0.39 is 8.60 Å². The van der Waals surface area contributed by atoms with Crippen molar-refractivity contribution >= 4 is 8.60 Å². The zero-order valence-corrected chi connectivity index (χ0v) is 9.21. The molecule has 0 spiro atoms. The summed E-state index contributed by atoms with van der Waals surface area (Å²) in [6.07, 6.45) is 0. The zero-order valence-electron chi connectivity index (χ0n) is 8.32. The minimum Gasteiger partial charge on any atom is -0.426 e. The molecular weight excluding hydrogens is 199 g/mol. The minimum atomic E-state index is -1.15. The first kappa shape index (κ1) is 9.91. The summed E-state index contributed by atoms with van der Waals surface area (Å²) in [6.45, 7) is 5.31. The van der Waals surface area contributed by atoms with Crippen molar-refractivity contribution in [2.75, 3.05) is 13.2 Å². The lowest BCUT2D eigenvalue weighted by Crippen LogP contribution is -1.92. The van der Waals surface area contributed by atoms with Crippen LogP contribution in [0.2, 0.25) is 0 Å². The number of aryl methyl sites for hydroxylation is 2. The van der Waals surface area contributed by atoms with Gasteiger partial charge >= 0.3 is 8.60 Å². The van der Waals surface area contributed by atoms with Crippen molar-refractivity contribution in [3.05, 3.63) is 29.3 Å².